The van der Waals surface area contributed by atoms with Crippen LogP contribution in [0.15, 0.2) is 0 Å². The van der Waals surface area contributed by atoms with Gasteiger partial charge in [-0.1, -0.05) is 20.8 Å². The molecular weight excluding hydrogens is 236 g/mol. The highest BCUT2D eigenvalue weighted by molar-refractivity contribution is 5.83. The number of amides is 1. The predicted octanol–water partition coefficient (Wildman–Crippen LogP) is 2.41. The van der Waals surface area contributed by atoms with E-state index in [1.54, 1.807) is 0 Å². The Morgan fingerprint density at radius 2 is 2.00 bits per heavy atom. The molecule has 1 amide bonds. The molecule has 2 bridgehead atoms. The maximum Gasteiger partial charge on any atom is 0.239 e. The van der Waals surface area contributed by atoms with Crippen LogP contribution in [-0.2, 0) is 4.79 Å². The van der Waals surface area contributed by atoms with E-state index in [4.69, 9.17) is 0 Å². The minimum Gasteiger partial charge on any atom is -0.337 e. The van der Waals surface area contributed by atoms with Crippen LogP contribution in [0.3, 0.4) is 0 Å². The molecule has 108 valence electrons. The molecule has 1 N–H and O–H groups in total. The maximum absolute atomic E-state index is 12.7. The summed E-state index contributed by atoms with van der Waals surface area (Å²) in [5.41, 5.74) is 0.651. The Labute approximate surface area is 117 Å². The first-order valence-corrected chi connectivity index (χ1v) is 7.88. The van der Waals surface area contributed by atoms with Gasteiger partial charge in [-0.05, 0) is 55.9 Å². The van der Waals surface area contributed by atoms with Gasteiger partial charge in [0.15, 0.2) is 0 Å². The quantitative estimate of drug-likeness (QED) is 0.830. The first kappa shape index (κ1) is 13.4. The lowest BCUT2D eigenvalue weighted by molar-refractivity contribution is -0.145. The lowest BCUT2D eigenvalue weighted by atomic mass is 9.67. The molecule has 3 rings (SSSR count). The van der Waals surface area contributed by atoms with Gasteiger partial charge in [-0.25, -0.2) is 0 Å². The highest BCUT2D eigenvalue weighted by Crippen LogP contribution is 2.64. The standard InChI is InChI=1S/C16H28N2O/c1-15(2)11-7-8-16(3,10-11)14(15)18-9-5-6-12(17-4)13(18)19/h11-12,14,17H,5-10H2,1-4H3. The van der Waals surface area contributed by atoms with Crippen molar-refractivity contribution >= 4 is 5.91 Å². The Kier molecular flexibility index (Phi) is 2.97. The van der Waals surface area contributed by atoms with Crippen LogP contribution in [0.4, 0.5) is 0 Å². The fourth-order valence-electron chi connectivity index (χ4n) is 5.48. The fourth-order valence-corrected chi connectivity index (χ4v) is 5.48. The van der Waals surface area contributed by atoms with Gasteiger partial charge in [0.1, 0.15) is 0 Å². The van der Waals surface area contributed by atoms with E-state index in [1.807, 2.05) is 7.05 Å². The molecule has 0 radical (unpaired) electrons. The van der Waals surface area contributed by atoms with Crippen molar-refractivity contribution in [3.05, 3.63) is 0 Å². The number of hydrogen-bond donors (Lipinski definition) is 1. The Bertz CT molecular complexity index is 387. The van der Waals surface area contributed by atoms with Crippen molar-refractivity contribution in [1.82, 2.24) is 10.2 Å². The molecule has 3 aliphatic rings. The number of fused-ring (bicyclic) bond motifs is 2. The van der Waals surface area contributed by atoms with E-state index in [-0.39, 0.29) is 11.5 Å². The van der Waals surface area contributed by atoms with Crippen molar-refractivity contribution in [2.75, 3.05) is 13.6 Å². The molecule has 1 heterocycles. The van der Waals surface area contributed by atoms with Crippen LogP contribution < -0.4 is 5.32 Å². The van der Waals surface area contributed by atoms with E-state index < -0.39 is 0 Å². The largest absolute Gasteiger partial charge is 0.337 e. The van der Waals surface area contributed by atoms with Crippen LogP contribution in [0, 0.1) is 16.7 Å². The first-order valence-electron chi connectivity index (χ1n) is 7.88. The second-order valence-corrected chi connectivity index (χ2v) is 7.83. The highest BCUT2D eigenvalue weighted by atomic mass is 16.2. The molecule has 4 unspecified atom stereocenters. The number of rotatable bonds is 2. The zero-order chi connectivity index (χ0) is 13.8. The summed E-state index contributed by atoms with van der Waals surface area (Å²) in [5.74, 6) is 1.16. The third kappa shape index (κ3) is 1.77. The molecule has 3 fully saturated rings. The summed E-state index contributed by atoms with van der Waals surface area (Å²) in [6.07, 6.45) is 6.12. The number of carbonyl (C=O) groups excluding carboxylic acids is 1. The molecule has 2 aliphatic carbocycles. The van der Waals surface area contributed by atoms with Gasteiger partial charge < -0.3 is 10.2 Å². The molecule has 2 saturated carbocycles. The number of likely N-dealkylation sites (N-methyl/N-ethyl adjacent to an activating group) is 1. The number of hydrogen-bond acceptors (Lipinski definition) is 2. The molecule has 0 aromatic carbocycles. The zero-order valence-electron chi connectivity index (χ0n) is 12.8. The molecule has 4 atom stereocenters. The van der Waals surface area contributed by atoms with Crippen LogP contribution in [0.2, 0.25) is 0 Å². The Balaban J connectivity index is 1.90. The van der Waals surface area contributed by atoms with E-state index >= 15 is 0 Å². The fraction of sp³-hybridized carbons (Fsp3) is 0.938. The predicted molar refractivity (Wildman–Crippen MR) is 76.8 cm³/mol. The van der Waals surface area contributed by atoms with Crippen LogP contribution in [0.5, 0.6) is 0 Å². The van der Waals surface area contributed by atoms with Crippen LogP contribution in [0.25, 0.3) is 0 Å². The van der Waals surface area contributed by atoms with Gasteiger partial charge in [0.2, 0.25) is 5.91 Å². The van der Waals surface area contributed by atoms with Crippen LogP contribution in [-0.4, -0.2) is 36.5 Å². The Morgan fingerprint density at radius 3 is 2.58 bits per heavy atom. The minimum atomic E-state index is 0.0484. The molecule has 1 aliphatic heterocycles. The Hall–Kier alpha value is -0.570. The van der Waals surface area contributed by atoms with Gasteiger partial charge in [-0.2, -0.15) is 0 Å². The van der Waals surface area contributed by atoms with Crippen LogP contribution >= 0.6 is 0 Å². The molecule has 19 heavy (non-hydrogen) atoms. The molecule has 3 heteroatoms. The summed E-state index contributed by atoms with van der Waals surface area (Å²) in [6.45, 7) is 8.17. The summed E-state index contributed by atoms with van der Waals surface area (Å²) in [7, 11) is 1.92. The minimum absolute atomic E-state index is 0.0484. The SMILES string of the molecule is CNC1CCCN(C2C3(C)CCC(C3)C2(C)C)C1=O. The topological polar surface area (TPSA) is 32.3 Å². The summed E-state index contributed by atoms with van der Waals surface area (Å²) in [5, 5.41) is 3.20. The summed E-state index contributed by atoms with van der Waals surface area (Å²) < 4.78 is 0. The van der Waals surface area contributed by atoms with Crippen molar-refractivity contribution in [2.24, 2.45) is 16.7 Å². The summed E-state index contributed by atoms with van der Waals surface area (Å²) in [6, 6.07) is 0.495. The van der Waals surface area contributed by atoms with Gasteiger partial charge in [-0.15, -0.1) is 0 Å². The van der Waals surface area contributed by atoms with Gasteiger partial charge in [0, 0.05) is 12.6 Å². The Morgan fingerprint density at radius 1 is 1.26 bits per heavy atom. The number of nitrogens with zero attached hydrogens (tertiary/aromatic N) is 1. The van der Waals surface area contributed by atoms with Gasteiger partial charge in [0.25, 0.3) is 0 Å². The maximum atomic E-state index is 12.7. The summed E-state index contributed by atoms with van der Waals surface area (Å²) in [4.78, 5) is 15.0. The monoisotopic (exact) mass is 264 g/mol. The van der Waals surface area contributed by atoms with E-state index in [0.717, 1.165) is 25.3 Å². The number of carbonyl (C=O) groups is 1. The van der Waals surface area contributed by atoms with Crippen molar-refractivity contribution in [1.29, 1.82) is 0 Å². The lowest BCUT2D eigenvalue weighted by Crippen LogP contribution is -2.60. The lowest BCUT2D eigenvalue weighted by Gasteiger charge is -2.51. The molecule has 0 spiro atoms. The molecule has 0 aromatic heterocycles. The number of nitrogens with one attached hydrogen (secondary N) is 1. The first-order chi connectivity index (χ1) is 8.90. The molecular formula is C16H28N2O. The number of likely N-dealkylation sites (tertiary alicyclic amines) is 1. The normalized spacial score (nSPS) is 44.9. The van der Waals surface area contributed by atoms with Crippen molar-refractivity contribution in [2.45, 2.75) is 65.0 Å². The number of piperidine rings is 1. The second kappa shape index (κ2) is 4.21. The smallest absolute Gasteiger partial charge is 0.239 e. The second-order valence-electron chi connectivity index (χ2n) is 7.83. The molecule has 3 nitrogen and oxygen atoms in total. The third-order valence-corrected chi connectivity index (χ3v) is 6.33. The van der Waals surface area contributed by atoms with E-state index in [9.17, 15) is 4.79 Å². The average Bonchev–Trinajstić information content (AvgIpc) is 2.82. The average molecular weight is 264 g/mol. The highest BCUT2D eigenvalue weighted by Gasteiger charge is 2.62. The van der Waals surface area contributed by atoms with Crippen molar-refractivity contribution in [3.8, 4) is 0 Å². The van der Waals surface area contributed by atoms with Crippen molar-refractivity contribution in [3.63, 3.8) is 0 Å². The third-order valence-electron chi connectivity index (χ3n) is 6.33. The van der Waals surface area contributed by atoms with E-state index in [1.165, 1.54) is 19.3 Å². The van der Waals surface area contributed by atoms with Crippen molar-refractivity contribution < 1.29 is 4.79 Å². The zero-order valence-corrected chi connectivity index (χ0v) is 12.8. The van der Waals surface area contributed by atoms with E-state index in [0.29, 0.717) is 17.4 Å². The van der Waals surface area contributed by atoms with Gasteiger partial charge in [-0.3, -0.25) is 4.79 Å². The summed E-state index contributed by atoms with van der Waals surface area (Å²) >= 11 is 0. The van der Waals surface area contributed by atoms with Crippen LogP contribution in [0.1, 0.15) is 52.9 Å². The van der Waals surface area contributed by atoms with Gasteiger partial charge in [0.05, 0.1) is 6.04 Å². The molecule has 1 saturated heterocycles. The molecule has 0 aromatic rings. The van der Waals surface area contributed by atoms with Gasteiger partial charge >= 0.3 is 0 Å². The van der Waals surface area contributed by atoms with E-state index in [2.05, 4.69) is 31.0 Å².